The lowest BCUT2D eigenvalue weighted by atomic mass is 9.97. The van der Waals surface area contributed by atoms with E-state index in [-0.39, 0.29) is 5.75 Å². The van der Waals surface area contributed by atoms with Crippen molar-refractivity contribution in [1.82, 2.24) is 9.62 Å². The van der Waals surface area contributed by atoms with Gasteiger partial charge >= 0.3 is 0 Å². The molecule has 0 spiro atoms. The lowest BCUT2D eigenvalue weighted by Crippen LogP contribution is -2.38. The van der Waals surface area contributed by atoms with Gasteiger partial charge in [-0.1, -0.05) is 23.7 Å². The number of halogens is 1. The van der Waals surface area contributed by atoms with E-state index in [1.54, 1.807) is 30.5 Å². The lowest BCUT2D eigenvalue weighted by Gasteiger charge is -2.31. The SMILES string of the molecule is O=S(=O)(Cc1cccc(Cl)c1)NCC1CCN(Cc2ccco2)CC1. The van der Waals surface area contributed by atoms with Crippen LogP contribution in [0.15, 0.2) is 47.1 Å². The third-order valence-electron chi connectivity index (χ3n) is 4.50. The molecule has 0 bridgehead atoms. The minimum atomic E-state index is -3.34. The minimum Gasteiger partial charge on any atom is -0.468 e. The van der Waals surface area contributed by atoms with Gasteiger partial charge in [0.15, 0.2) is 0 Å². The summed E-state index contributed by atoms with van der Waals surface area (Å²) in [6.45, 7) is 3.24. The molecule has 1 saturated heterocycles. The molecule has 0 atom stereocenters. The summed E-state index contributed by atoms with van der Waals surface area (Å²) in [6.07, 6.45) is 3.66. The highest BCUT2D eigenvalue weighted by molar-refractivity contribution is 7.88. The molecule has 1 aromatic heterocycles. The number of likely N-dealkylation sites (tertiary alicyclic amines) is 1. The molecule has 1 fully saturated rings. The van der Waals surface area contributed by atoms with Crippen LogP contribution in [0.4, 0.5) is 0 Å². The standard InChI is InChI=1S/C18H23ClN2O3S/c19-17-4-1-3-16(11-17)14-25(22,23)20-12-15-6-8-21(9-7-15)13-18-5-2-10-24-18/h1-5,10-11,15,20H,6-9,12-14H2. The highest BCUT2D eigenvalue weighted by Crippen LogP contribution is 2.19. The molecular formula is C18H23ClN2O3S. The first-order valence-corrected chi connectivity index (χ1v) is 10.5. The van der Waals surface area contributed by atoms with Gasteiger partial charge in [-0.2, -0.15) is 0 Å². The van der Waals surface area contributed by atoms with Crippen molar-refractivity contribution in [2.45, 2.75) is 25.1 Å². The van der Waals surface area contributed by atoms with E-state index in [0.717, 1.165) is 38.2 Å². The predicted molar refractivity (Wildman–Crippen MR) is 98.8 cm³/mol. The fourth-order valence-electron chi connectivity index (χ4n) is 3.11. The molecule has 7 heteroatoms. The topological polar surface area (TPSA) is 62.6 Å². The van der Waals surface area contributed by atoms with Crippen LogP contribution >= 0.6 is 11.6 Å². The van der Waals surface area contributed by atoms with E-state index in [0.29, 0.717) is 23.0 Å². The number of piperidine rings is 1. The predicted octanol–water partition coefficient (Wildman–Crippen LogP) is 3.26. The minimum absolute atomic E-state index is 0.0368. The van der Waals surface area contributed by atoms with Gasteiger partial charge in [0.2, 0.25) is 10.0 Å². The summed E-state index contributed by atoms with van der Waals surface area (Å²) in [5.41, 5.74) is 0.702. The van der Waals surface area contributed by atoms with Crippen molar-refractivity contribution in [3.63, 3.8) is 0 Å². The van der Waals surface area contributed by atoms with Crippen molar-refractivity contribution in [1.29, 1.82) is 0 Å². The molecule has 3 rings (SSSR count). The van der Waals surface area contributed by atoms with Crippen molar-refractivity contribution >= 4 is 21.6 Å². The van der Waals surface area contributed by atoms with Crippen molar-refractivity contribution < 1.29 is 12.8 Å². The van der Waals surface area contributed by atoms with Crippen LogP contribution in [0.25, 0.3) is 0 Å². The van der Waals surface area contributed by atoms with Gasteiger partial charge < -0.3 is 4.42 Å². The molecule has 25 heavy (non-hydrogen) atoms. The average Bonchev–Trinajstić information content (AvgIpc) is 3.07. The number of nitrogens with one attached hydrogen (secondary N) is 1. The molecule has 2 aromatic rings. The first kappa shape index (κ1) is 18.5. The van der Waals surface area contributed by atoms with E-state index in [4.69, 9.17) is 16.0 Å². The molecule has 1 N–H and O–H groups in total. The molecule has 1 aliphatic heterocycles. The molecule has 0 radical (unpaired) electrons. The van der Waals surface area contributed by atoms with Gasteiger partial charge in [0.25, 0.3) is 0 Å². The summed E-state index contributed by atoms with van der Waals surface area (Å²) in [4.78, 5) is 2.34. The molecule has 0 saturated carbocycles. The van der Waals surface area contributed by atoms with Crippen LogP contribution in [0.5, 0.6) is 0 Å². The summed E-state index contributed by atoms with van der Waals surface area (Å²) in [7, 11) is -3.34. The number of hydrogen-bond donors (Lipinski definition) is 1. The lowest BCUT2D eigenvalue weighted by molar-refractivity contribution is 0.168. The molecule has 2 heterocycles. The van der Waals surface area contributed by atoms with E-state index in [2.05, 4.69) is 9.62 Å². The Kier molecular flexibility index (Phi) is 6.17. The van der Waals surface area contributed by atoms with Gasteiger partial charge in [-0.05, 0) is 61.7 Å². The Morgan fingerprint density at radius 3 is 2.68 bits per heavy atom. The van der Waals surface area contributed by atoms with Crippen LogP contribution in [-0.2, 0) is 22.3 Å². The van der Waals surface area contributed by atoms with E-state index in [1.807, 2.05) is 12.1 Å². The Morgan fingerprint density at radius 1 is 1.20 bits per heavy atom. The number of benzene rings is 1. The molecule has 5 nitrogen and oxygen atoms in total. The van der Waals surface area contributed by atoms with E-state index < -0.39 is 10.0 Å². The van der Waals surface area contributed by atoms with Crippen LogP contribution in [0.3, 0.4) is 0 Å². The van der Waals surface area contributed by atoms with Gasteiger partial charge in [0, 0.05) is 11.6 Å². The van der Waals surface area contributed by atoms with E-state index in [1.165, 1.54) is 0 Å². The Bertz CT molecular complexity index is 769. The zero-order valence-electron chi connectivity index (χ0n) is 14.0. The summed E-state index contributed by atoms with van der Waals surface area (Å²) in [6, 6.07) is 10.8. The molecule has 136 valence electrons. The largest absolute Gasteiger partial charge is 0.468 e. The number of sulfonamides is 1. The number of furan rings is 1. The number of hydrogen-bond acceptors (Lipinski definition) is 4. The summed E-state index contributed by atoms with van der Waals surface area (Å²) >= 11 is 5.91. The zero-order valence-corrected chi connectivity index (χ0v) is 15.6. The summed E-state index contributed by atoms with van der Waals surface area (Å²) < 4.78 is 32.6. The Labute approximate surface area is 154 Å². The fourth-order valence-corrected chi connectivity index (χ4v) is 4.54. The van der Waals surface area contributed by atoms with Crippen LogP contribution in [-0.4, -0.2) is 33.0 Å². The van der Waals surface area contributed by atoms with Crippen LogP contribution < -0.4 is 4.72 Å². The third-order valence-corrected chi connectivity index (χ3v) is 6.06. The second-order valence-electron chi connectivity index (χ2n) is 6.54. The second kappa shape index (κ2) is 8.36. The molecule has 1 aromatic carbocycles. The maximum atomic E-state index is 12.3. The van der Waals surface area contributed by atoms with Crippen molar-refractivity contribution in [3.05, 3.63) is 59.0 Å². The van der Waals surface area contributed by atoms with E-state index in [9.17, 15) is 8.42 Å². The molecule has 0 amide bonds. The first-order chi connectivity index (χ1) is 12.0. The van der Waals surface area contributed by atoms with Crippen molar-refractivity contribution in [2.75, 3.05) is 19.6 Å². The Balaban J connectivity index is 1.43. The summed E-state index contributed by atoms with van der Waals surface area (Å²) in [5, 5.41) is 0.552. The van der Waals surface area contributed by atoms with Gasteiger partial charge in [-0.25, -0.2) is 13.1 Å². The second-order valence-corrected chi connectivity index (χ2v) is 8.78. The molecule has 0 aliphatic carbocycles. The van der Waals surface area contributed by atoms with Crippen LogP contribution in [0.1, 0.15) is 24.2 Å². The van der Waals surface area contributed by atoms with Crippen LogP contribution in [0.2, 0.25) is 5.02 Å². The zero-order chi connectivity index (χ0) is 17.7. The normalized spacial score (nSPS) is 17.0. The number of rotatable bonds is 7. The average molecular weight is 383 g/mol. The Morgan fingerprint density at radius 2 is 2.00 bits per heavy atom. The maximum absolute atomic E-state index is 12.3. The first-order valence-electron chi connectivity index (χ1n) is 8.47. The van der Waals surface area contributed by atoms with Gasteiger partial charge in [0.1, 0.15) is 5.76 Å². The highest BCUT2D eigenvalue weighted by Gasteiger charge is 2.21. The van der Waals surface area contributed by atoms with Gasteiger partial charge in [-0.15, -0.1) is 0 Å². The smallest absolute Gasteiger partial charge is 0.215 e. The van der Waals surface area contributed by atoms with Crippen LogP contribution in [0, 0.1) is 5.92 Å². The van der Waals surface area contributed by atoms with Gasteiger partial charge in [-0.3, -0.25) is 4.90 Å². The third kappa shape index (κ3) is 5.85. The highest BCUT2D eigenvalue weighted by atomic mass is 35.5. The Hall–Kier alpha value is -1.34. The van der Waals surface area contributed by atoms with Crippen molar-refractivity contribution in [3.8, 4) is 0 Å². The fraction of sp³-hybridized carbons (Fsp3) is 0.444. The monoisotopic (exact) mass is 382 g/mol. The maximum Gasteiger partial charge on any atom is 0.215 e. The summed E-state index contributed by atoms with van der Waals surface area (Å²) in [5.74, 6) is 1.31. The molecular weight excluding hydrogens is 360 g/mol. The van der Waals surface area contributed by atoms with E-state index >= 15 is 0 Å². The van der Waals surface area contributed by atoms with Crippen molar-refractivity contribution in [2.24, 2.45) is 5.92 Å². The van der Waals surface area contributed by atoms with Gasteiger partial charge in [0.05, 0.1) is 18.6 Å². The molecule has 0 unspecified atom stereocenters. The molecule has 1 aliphatic rings. The quantitative estimate of drug-likeness (QED) is 0.798. The number of nitrogens with zero attached hydrogens (tertiary/aromatic N) is 1.